The molecule has 0 spiro atoms. The van der Waals surface area contributed by atoms with Gasteiger partial charge in [-0.3, -0.25) is 9.79 Å². The van der Waals surface area contributed by atoms with Crippen molar-refractivity contribution in [3.63, 3.8) is 0 Å². The first-order valence-corrected chi connectivity index (χ1v) is 8.68. The Morgan fingerprint density at radius 1 is 1.38 bits per heavy atom. The lowest BCUT2D eigenvalue weighted by Crippen LogP contribution is -2.51. The van der Waals surface area contributed by atoms with Crippen molar-refractivity contribution < 1.29 is 31.2 Å². The van der Waals surface area contributed by atoms with E-state index in [1.165, 1.54) is 19.1 Å². The fourth-order valence-corrected chi connectivity index (χ4v) is 3.17. The molecule has 0 amide bonds. The quantitative estimate of drug-likeness (QED) is 0.586. The Labute approximate surface area is 162 Å². The smallest absolute Gasteiger partial charge is 0.313 e. The number of benzene rings is 1. The number of ketones is 1. The SMILES string of the molecule is C[C@@]1(F)C[C@H](F)[C@@](C)(c2cc(CC(=O)c3coc(C(F)F)n3)ccc2F)N=C1N. The molecule has 0 aliphatic carbocycles. The minimum Gasteiger partial charge on any atom is -0.443 e. The topological polar surface area (TPSA) is 81.5 Å². The van der Waals surface area contributed by atoms with E-state index in [2.05, 4.69) is 14.4 Å². The summed E-state index contributed by atoms with van der Waals surface area (Å²) in [5, 5.41) is 0. The standard InChI is InChI=1S/C19H18F5N3O2/c1-18(24)7-14(21)19(2,27-17(18)25)10-5-9(3-4-11(10)20)6-13(28)12-8-29-16(26-12)15(22)23/h3-5,8,14-15H,6-7H2,1-2H3,(H2,25,27)/t14-,18+,19+/m0/s1. The van der Waals surface area contributed by atoms with Gasteiger partial charge in [0.2, 0.25) is 0 Å². The summed E-state index contributed by atoms with van der Waals surface area (Å²) in [5.41, 5.74) is 1.44. The van der Waals surface area contributed by atoms with Gasteiger partial charge >= 0.3 is 6.43 Å². The van der Waals surface area contributed by atoms with Crippen LogP contribution in [0.25, 0.3) is 0 Å². The van der Waals surface area contributed by atoms with Crippen molar-refractivity contribution in [3.8, 4) is 0 Å². The number of rotatable bonds is 5. The average Bonchev–Trinajstić information content (AvgIpc) is 3.12. The zero-order chi connectivity index (χ0) is 21.6. The third kappa shape index (κ3) is 3.88. The van der Waals surface area contributed by atoms with Crippen LogP contribution in [0.15, 0.2) is 33.9 Å². The second-order valence-electron chi connectivity index (χ2n) is 7.30. The number of nitrogens with two attached hydrogens (primary N) is 1. The molecule has 0 radical (unpaired) electrons. The first-order chi connectivity index (χ1) is 13.4. The van der Waals surface area contributed by atoms with E-state index in [0.29, 0.717) is 0 Å². The molecule has 29 heavy (non-hydrogen) atoms. The van der Waals surface area contributed by atoms with Crippen LogP contribution in [0.1, 0.15) is 54.2 Å². The molecule has 2 aromatic rings. The molecule has 0 fully saturated rings. The van der Waals surface area contributed by atoms with Crippen molar-refractivity contribution in [1.82, 2.24) is 4.98 Å². The highest BCUT2D eigenvalue weighted by atomic mass is 19.3. The molecule has 1 aliphatic rings. The Bertz CT molecular complexity index is 973. The van der Waals surface area contributed by atoms with Gasteiger partial charge in [-0.05, 0) is 31.5 Å². The Morgan fingerprint density at radius 2 is 2.07 bits per heavy atom. The zero-order valence-corrected chi connectivity index (χ0v) is 15.6. The van der Waals surface area contributed by atoms with E-state index in [0.717, 1.165) is 19.3 Å². The summed E-state index contributed by atoms with van der Waals surface area (Å²) < 4.78 is 73.1. The number of alkyl halides is 4. The lowest BCUT2D eigenvalue weighted by Gasteiger charge is -2.39. The van der Waals surface area contributed by atoms with Gasteiger partial charge in [0.25, 0.3) is 5.89 Å². The number of amidine groups is 1. The van der Waals surface area contributed by atoms with Crippen LogP contribution in [-0.4, -0.2) is 28.4 Å². The third-order valence-electron chi connectivity index (χ3n) is 4.99. The Kier molecular flexibility index (Phi) is 5.22. The van der Waals surface area contributed by atoms with Crippen LogP contribution in [0.3, 0.4) is 0 Å². The highest BCUT2D eigenvalue weighted by molar-refractivity contribution is 5.95. The fourth-order valence-electron chi connectivity index (χ4n) is 3.17. The molecule has 2 N–H and O–H groups in total. The van der Waals surface area contributed by atoms with Gasteiger partial charge in [0.1, 0.15) is 35.3 Å². The predicted molar refractivity (Wildman–Crippen MR) is 93.9 cm³/mol. The molecule has 10 heteroatoms. The van der Waals surface area contributed by atoms with E-state index >= 15 is 0 Å². The number of aliphatic imine (C=N–C) groups is 1. The minimum absolute atomic E-state index is 0.192. The van der Waals surface area contributed by atoms with E-state index in [9.17, 15) is 26.7 Å². The molecule has 3 rings (SSSR count). The first kappa shape index (κ1) is 20.9. The lowest BCUT2D eigenvalue weighted by atomic mass is 9.78. The third-order valence-corrected chi connectivity index (χ3v) is 4.99. The molecule has 1 aromatic carbocycles. The molecule has 0 unspecified atom stereocenters. The molecule has 0 saturated carbocycles. The maximum atomic E-state index is 14.8. The summed E-state index contributed by atoms with van der Waals surface area (Å²) in [6, 6.07) is 3.54. The molecule has 0 saturated heterocycles. The van der Waals surface area contributed by atoms with Gasteiger partial charge < -0.3 is 10.2 Å². The fraction of sp³-hybridized carbons (Fsp3) is 0.421. The maximum absolute atomic E-state index is 14.8. The summed E-state index contributed by atoms with van der Waals surface area (Å²) in [7, 11) is 0. The van der Waals surface area contributed by atoms with Crippen molar-refractivity contribution in [1.29, 1.82) is 0 Å². The van der Waals surface area contributed by atoms with Gasteiger partial charge in [0, 0.05) is 18.4 Å². The molecule has 1 aliphatic heterocycles. The van der Waals surface area contributed by atoms with Crippen LogP contribution >= 0.6 is 0 Å². The van der Waals surface area contributed by atoms with E-state index in [1.807, 2.05) is 0 Å². The second-order valence-corrected chi connectivity index (χ2v) is 7.30. The molecule has 0 bridgehead atoms. The van der Waals surface area contributed by atoms with Crippen molar-refractivity contribution in [2.75, 3.05) is 0 Å². The highest BCUT2D eigenvalue weighted by Crippen LogP contribution is 2.42. The number of halogens is 5. The summed E-state index contributed by atoms with van der Waals surface area (Å²) in [6.45, 7) is 2.38. The van der Waals surface area contributed by atoms with Crippen LogP contribution in [-0.2, 0) is 12.0 Å². The van der Waals surface area contributed by atoms with Crippen molar-refractivity contribution in [2.24, 2.45) is 10.7 Å². The summed E-state index contributed by atoms with van der Waals surface area (Å²) >= 11 is 0. The summed E-state index contributed by atoms with van der Waals surface area (Å²) in [6.07, 6.45) is -4.95. The molecule has 3 atom stereocenters. The Balaban J connectivity index is 1.92. The average molecular weight is 415 g/mol. The predicted octanol–water partition coefficient (Wildman–Crippen LogP) is 4.22. The molecule has 2 heterocycles. The van der Waals surface area contributed by atoms with Gasteiger partial charge in [0.05, 0.1) is 0 Å². The normalized spacial score (nSPS) is 27.2. The van der Waals surface area contributed by atoms with Crippen molar-refractivity contribution in [2.45, 2.75) is 50.5 Å². The second kappa shape index (κ2) is 7.23. The number of oxazole rings is 1. The first-order valence-electron chi connectivity index (χ1n) is 8.68. The van der Waals surface area contributed by atoms with Crippen molar-refractivity contribution >= 4 is 11.6 Å². The van der Waals surface area contributed by atoms with E-state index < -0.39 is 53.6 Å². The molecular formula is C19H18F5N3O2. The molecule has 1 aromatic heterocycles. The summed E-state index contributed by atoms with van der Waals surface area (Å²) in [4.78, 5) is 19.6. The molecular weight excluding hydrogens is 397 g/mol. The largest absolute Gasteiger partial charge is 0.443 e. The number of carbonyl (C=O) groups excluding carboxylic acids is 1. The zero-order valence-electron chi connectivity index (χ0n) is 15.6. The number of hydrogen-bond acceptors (Lipinski definition) is 5. The number of carbonyl (C=O) groups is 1. The number of Topliss-reactive ketones (excluding diaryl/α,β-unsaturated/α-hetero) is 1. The monoisotopic (exact) mass is 415 g/mol. The van der Waals surface area contributed by atoms with E-state index in [-0.39, 0.29) is 23.2 Å². The molecule has 5 nitrogen and oxygen atoms in total. The van der Waals surface area contributed by atoms with Gasteiger partial charge in [-0.25, -0.2) is 18.2 Å². The van der Waals surface area contributed by atoms with Crippen molar-refractivity contribution in [3.05, 3.63) is 53.0 Å². The maximum Gasteiger partial charge on any atom is 0.313 e. The van der Waals surface area contributed by atoms with E-state index in [1.54, 1.807) is 0 Å². The van der Waals surface area contributed by atoms with Gasteiger partial charge in [-0.1, -0.05) is 6.07 Å². The van der Waals surface area contributed by atoms with Crippen LogP contribution in [0.4, 0.5) is 22.0 Å². The number of hydrogen-bond donors (Lipinski definition) is 1. The van der Waals surface area contributed by atoms with E-state index in [4.69, 9.17) is 5.73 Å². The van der Waals surface area contributed by atoms with Gasteiger partial charge in [-0.15, -0.1) is 0 Å². The van der Waals surface area contributed by atoms with Crippen LogP contribution in [0, 0.1) is 5.82 Å². The number of aromatic nitrogens is 1. The number of nitrogens with zero attached hydrogens (tertiary/aromatic N) is 2. The Morgan fingerprint density at radius 3 is 2.69 bits per heavy atom. The molecule has 156 valence electrons. The highest BCUT2D eigenvalue weighted by Gasteiger charge is 2.49. The summed E-state index contributed by atoms with van der Waals surface area (Å²) in [5.74, 6) is -2.78. The van der Waals surface area contributed by atoms with Gasteiger partial charge in [-0.2, -0.15) is 8.78 Å². The van der Waals surface area contributed by atoms with Crippen LogP contribution in [0.2, 0.25) is 0 Å². The van der Waals surface area contributed by atoms with Crippen LogP contribution in [0.5, 0.6) is 0 Å². The van der Waals surface area contributed by atoms with Crippen LogP contribution < -0.4 is 5.73 Å². The lowest BCUT2D eigenvalue weighted by molar-refractivity contribution is 0.0987. The van der Waals surface area contributed by atoms with Gasteiger partial charge in [0.15, 0.2) is 11.5 Å². The Hall–Kier alpha value is -2.78. The minimum atomic E-state index is -2.97.